The lowest BCUT2D eigenvalue weighted by molar-refractivity contribution is -0.157. The van der Waals surface area contributed by atoms with Crippen LogP contribution >= 0.6 is 35.1 Å². The second-order valence-electron chi connectivity index (χ2n) is 8.23. The average molecular weight is 553 g/mol. The van der Waals surface area contributed by atoms with Crippen molar-refractivity contribution in [3.63, 3.8) is 0 Å². The molecule has 15 nitrogen and oxygen atoms in total. The number of nitrogens with one attached hydrogen (secondary N) is 2. The van der Waals surface area contributed by atoms with Crippen LogP contribution in [0.1, 0.15) is 18.7 Å². The summed E-state index contributed by atoms with van der Waals surface area (Å²) in [6, 6.07) is -0.855. The SMILES string of the molecule is Nc1nc(C(=NOC2C=CCC2)C(=O)NC2C(=O)N3CC(CSc4nn[nH]n4)(C(=O)O)CS[C@H]23)ns1. The topological polar surface area (TPSA) is 215 Å². The Labute approximate surface area is 215 Å². The van der Waals surface area contributed by atoms with Crippen LogP contribution in [0.4, 0.5) is 5.13 Å². The van der Waals surface area contributed by atoms with E-state index in [1.54, 1.807) is 0 Å². The molecule has 4 heterocycles. The zero-order valence-corrected chi connectivity index (χ0v) is 20.9. The molecular weight excluding hydrogens is 532 g/mol. The maximum Gasteiger partial charge on any atom is 0.313 e. The molecule has 5 rings (SSSR count). The van der Waals surface area contributed by atoms with E-state index < -0.39 is 28.7 Å². The number of carbonyl (C=O) groups is 3. The number of aromatic amines is 1. The predicted octanol–water partition coefficient (Wildman–Crippen LogP) is -0.664. The van der Waals surface area contributed by atoms with E-state index in [1.807, 2.05) is 12.2 Å². The first-order valence-electron chi connectivity index (χ1n) is 10.7. The molecule has 1 aliphatic carbocycles. The fourth-order valence-electron chi connectivity index (χ4n) is 3.86. The van der Waals surface area contributed by atoms with Crippen LogP contribution in [-0.4, -0.2) is 99.1 Å². The molecule has 2 aromatic heterocycles. The molecule has 2 fully saturated rings. The van der Waals surface area contributed by atoms with Gasteiger partial charge in [0, 0.05) is 29.6 Å². The molecule has 3 aliphatic rings. The van der Waals surface area contributed by atoms with Gasteiger partial charge in [-0.2, -0.15) is 14.6 Å². The van der Waals surface area contributed by atoms with Crippen LogP contribution in [0, 0.1) is 5.41 Å². The van der Waals surface area contributed by atoms with Gasteiger partial charge in [-0.1, -0.05) is 23.0 Å². The summed E-state index contributed by atoms with van der Waals surface area (Å²) in [6.45, 7) is -0.00168. The van der Waals surface area contributed by atoms with Crippen molar-refractivity contribution in [1.82, 2.24) is 40.2 Å². The molecule has 0 spiro atoms. The molecule has 2 amide bonds. The number of carboxylic acids is 1. The van der Waals surface area contributed by atoms with Crippen molar-refractivity contribution in [2.75, 3.05) is 23.8 Å². The number of thioether (sulfide) groups is 2. The van der Waals surface area contributed by atoms with Gasteiger partial charge >= 0.3 is 5.97 Å². The van der Waals surface area contributed by atoms with Crippen LogP contribution in [0.15, 0.2) is 22.5 Å². The van der Waals surface area contributed by atoms with Crippen molar-refractivity contribution in [2.45, 2.75) is 35.5 Å². The summed E-state index contributed by atoms with van der Waals surface area (Å²) < 4.78 is 4.04. The van der Waals surface area contributed by atoms with E-state index in [-0.39, 0.29) is 46.7 Å². The fourth-order valence-corrected chi connectivity index (χ4v) is 6.89. The molecule has 2 saturated heterocycles. The van der Waals surface area contributed by atoms with Gasteiger partial charge in [-0.25, -0.2) is 0 Å². The summed E-state index contributed by atoms with van der Waals surface area (Å²) in [7, 11) is 0. The lowest BCUT2D eigenvalue weighted by atomic mass is 9.89. The van der Waals surface area contributed by atoms with Crippen LogP contribution in [0.3, 0.4) is 0 Å². The smallest absolute Gasteiger partial charge is 0.313 e. The number of nitrogens with zero attached hydrogens (tertiary/aromatic N) is 7. The first kappa shape index (κ1) is 24.4. The number of allylic oxidation sites excluding steroid dienone is 1. The number of carboxylic acid groups (broad SMARTS) is 1. The fraction of sp³-hybridized carbons (Fsp3) is 0.500. The molecule has 0 radical (unpaired) electrons. The maximum atomic E-state index is 13.1. The summed E-state index contributed by atoms with van der Waals surface area (Å²) in [5, 5.41) is 30.1. The molecule has 4 atom stereocenters. The molecule has 5 N–H and O–H groups in total. The number of H-pyrrole nitrogens is 1. The molecule has 0 aromatic carbocycles. The normalized spacial score (nSPS) is 27.4. The highest BCUT2D eigenvalue weighted by atomic mass is 32.2. The average Bonchev–Trinajstić information content (AvgIpc) is 3.65. The van der Waals surface area contributed by atoms with Crippen molar-refractivity contribution in [1.29, 1.82) is 0 Å². The van der Waals surface area contributed by atoms with Gasteiger partial charge in [-0.05, 0) is 24.1 Å². The third-order valence-corrected chi connectivity index (χ3v) is 9.06. The number of tetrazole rings is 1. The summed E-state index contributed by atoms with van der Waals surface area (Å²) >= 11 is 3.34. The van der Waals surface area contributed by atoms with Crippen LogP contribution in [0.2, 0.25) is 0 Å². The molecule has 190 valence electrons. The first-order valence-corrected chi connectivity index (χ1v) is 13.5. The minimum atomic E-state index is -1.20. The minimum Gasteiger partial charge on any atom is -0.481 e. The standard InChI is InChI=1S/C18H20N10O5S3/c19-16-21-11(25-36-16)9(24-33-8-3-1-2-4-8)12(29)20-10-13(30)28-5-18(15(31)32,6-34-14(10)28)7-35-17-22-26-27-23-17/h1,3,8,10,14H,2,4-7H2,(H,20,29)(H,31,32)(H2,19,21,25)(H,22,23,26,27)/t8?,10?,14-,18?/m1/s1. The number of β-lactam (4-membered cyclic amide) rings is 1. The summed E-state index contributed by atoms with van der Waals surface area (Å²) in [4.78, 5) is 49.1. The number of hydrogen-bond donors (Lipinski definition) is 4. The Balaban J connectivity index is 1.26. The molecular formula is C18H20N10O5S3. The summed E-state index contributed by atoms with van der Waals surface area (Å²) in [5.41, 5.74) is 4.28. The summed E-state index contributed by atoms with van der Waals surface area (Å²) in [5.74, 6) is -1.71. The van der Waals surface area contributed by atoms with Crippen LogP contribution in [0.5, 0.6) is 0 Å². The zero-order valence-electron chi connectivity index (χ0n) is 18.4. The first-order chi connectivity index (χ1) is 17.4. The van der Waals surface area contributed by atoms with E-state index in [2.05, 4.69) is 40.5 Å². The molecule has 0 saturated carbocycles. The predicted molar refractivity (Wildman–Crippen MR) is 129 cm³/mol. The second-order valence-corrected chi connectivity index (χ2v) is 11.1. The Bertz CT molecular complexity index is 1220. The van der Waals surface area contributed by atoms with Crippen LogP contribution in [-0.2, 0) is 19.2 Å². The number of carbonyl (C=O) groups excluding carboxylic acids is 2. The van der Waals surface area contributed by atoms with E-state index in [4.69, 9.17) is 10.6 Å². The minimum absolute atomic E-state index is 0.000266. The number of anilines is 1. The Morgan fingerprint density at radius 2 is 2.33 bits per heavy atom. The number of nitrogens with two attached hydrogens (primary N) is 1. The lowest BCUT2D eigenvalue weighted by Gasteiger charge is -2.53. The number of fused-ring (bicyclic) bond motifs is 1. The molecule has 36 heavy (non-hydrogen) atoms. The van der Waals surface area contributed by atoms with Crippen molar-refractivity contribution in [3.8, 4) is 0 Å². The Hall–Kier alpha value is -3.25. The van der Waals surface area contributed by atoms with E-state index in [1.165, 1.54) is 16.7 Å². The van der Waals surface area contributed by atoms with Gasteiger partial charge in [0.2, 0.25) is 22.6 Å². The van der Waals surface area contributed by atoms with E-state index >= 15 is 0 Å². The number of aliphatic carboxylic acids is 1. The largest absolute Gasteiger partial charge is 0.481 e. The third kappa shape index (κ3) is 4.74. The third-order valence-electron chi connectivity index (χ3n) is 5.81. The van der Waals surface area contributed by atoms with Crippen molar-refractivity contribution >= 4 is 63.7 Å². The van der Waals surface area contributed by atoms with Gasteiger partial charge in [0.25, 0.3) is 5.91 Å². The highest BCUT2D eigenvalue weighted by Crippen LogP contribution is 2.44. The molecule has 18 heteroatoms. The molecule has 2 aliphatic heterocycles. The zero-order chi connectivity index (χ0) is 25.3. The van der Waals surface area contributed by atoms with Crippen LogP contribution < -0.4 is 11.1 Å². The number of aromatic nitrogens is 6. The highest BCUT2D eigenvalue weighted by molar-refractivity contribution is 8.00. The molecule has 0 bridgehead atoms. The highest BCUT2D eigenvalue weighted by Gasteiger charge is 2.57. The quantitative estimate of drug-likeness (QED) is 0.1000. The lowest BCUT2D eigenvalue weighted by Crippen LogP contribution is -2.74. The Kier molecular flexibility index (Phi) is 6.80. The van der Waals surface area contributed by atoms with Crippen molar-refractivity contribution in [3.05, 3.63) is 18.0 Å². The second kappa shape index (κ2) is 10.0. The van der Waals surface area contributed by atoms with E-state index in [0.717, 1.165) is 36.1 Å². The molecule has 3 unspecified atom stereocenters. The maximum absolute atomic E-state index is 13.1. The molecule has 2 aromatic rings. The number of rotatable bonds is 9. The van der Waals surface area contributed by atoms with Gasteiger partial charge in [-0.3, -0.25) is 14.4 Å². The van der Waals surface area contributed by atoms with Crippen molar-refractivity contribution < 1.29 is 24.3 Å². The number of hydrogen-bond acceptors (Lipinski definition) is 14. The summed E-state index contributed by atoms with van der Waals surface area (Å²) in [6.07, 6.45) is 5.11. The van der Waals surface area contributed by atoms with Crippen LogP contribution in [0.25, 0.3) is 0 Å². The van der Waals surface area contributed by atoms with Gasteiger partial charge in [-0.15, -0.1) is 22.0 Å². The monoisotopic (exact) mass is 552 g/mol. The Morgan fingerprint density at radius 1 is 1.47 bits per heavy atom. The number of oxime groups is 1. The van der Waals surface area contributed by atoms with Gasteiger partial charge in [0.15, 0.2) is 5.13 Å². The van der Waals surface area contributed by atoms with Gasteiger partial charge < -0.3 is 25.9 Å². The van der Waals surface area contributed by atoms with Crippen molar-refractivity contribution in [2.24, 2.45) is 10.6 Å². The van der Waals surface area contributed by atoms with E-state index in [0.29, 0.717) is 5.16 Å². The number of amides is 2. The van der Waals surface area contributed by atoms with Gasteiger partial charge in [0.1, 0.15) is 22.9 Å². The van der Waals surface area contributed by atoms with Gasteiger partial charge in [0.05, 0.1) is 0 Å². The number of nitrogen functional groups attached to an aromatic ring is 1. The Morgan fingerprint density at radius 3 is 3.00 bits per heavy atom. The van der Waals surface area contributed by atoms with E-state index in [9.17, 15) is 19.5 Å².